The van der Waals surface area contributed by atoms with E-state index < -0.39 is 0 Å². The van der Waals surface area contributed by atoms with Crippen LogP contribution < -0.4 is 0 Å². The van der Waals surface area contributed by atoms with Gasteiger partial charge in [0.05, 0.1) is 11.0 Å². The predicted octanol–water partition coefficient (Wildman–Crippen LogP) is 14.4. The largest absolute Gasteiger partial charge is 0.309 e. The Balaban J connectivity index is 0.995. The molecule has 4 aromatic heterocycles. The van der Waals surface area contributed by atoms with E-state index in [4.69, 9.17) is 15.0 Å². The highest BCUT2D eigenvalue weighted by molar-refractivity contribution is 7.26. The number of rotatable bonds is 5. The van der Waals surface area contributed by atoms with Crippen LogP contribution in [0.2, 0.25) is 0 Å². The lowest BCUT2D eigenvalue weighted by molar-refractivity contribution is 1.08. The minimum Gasteiger partial charge on any atom is -0.309 e. The average molecular weight is 763 g/mol. The first kappa shape index (κ1) is 32.3. The fraction of sp³-hybridized carbons (Fsp3) is 0. The number of hydrogen-bond donors (Lipinski definition) is 0. The van der Waals surface area contributed by atoms with Crippen molar-refractivity contribution in [2.24, 2.45) is 0 Å². The molecule has 0 spiro atoms. The maximum absolute atomic E-state index is 5.09. The van der Waals surface area contributed by atoms with E-state index in [0.29, 0.717) is 17.5 Å². The Kier molecular flexibility index (Phi) is 7.24. The zero-order valence-electron chi connectivity index (χ0n) is 30.4. The second-order valence-electron chi connectivity index (χ2n) is 14.4. The van der Waals surface area contributed by atoms with Crippen LogP contribution in [0.25, 0.3) is 113 Å². The first-order valence-electron chi connectivity index (χ1n) is 19.0. The van der Waals surface area contributed by atoms with Gasteiger partial charge in [-0.15, -0.1) is 22.7 Å². The Bertz CT molecular complexity index is 3410. The van der Waals surface area contributed by atoms with Gasteiger partial charge < -0.3 is 4.57 Å². The highest BCUT2D eigenvalue weighted by Gasteiger charge is 2.19. The Morgan fingerprint density at radius 3 is 1.61 bits per heavy atom. The lowest BCUT2D eigenvalue weighted by Gasteiger charge is -2.09. The van der Waals surface area contributed by atoms with Crippen LogP contribution in [-0.2, 0) is 0 Å². The predicted molar refractivity (Wildman–Crippen MR) is 242 cm³/mol. The van der Waals surface area contributed by atoms with Crippen molar-refractivity contribution in [3.05, 3.63) is 182 Å². The summed E-state index contributed by atoms with van der Waals surface area (Å²) in [6, 6.07) is 64.9. The van der Waals surface area contributed by atoms with E-state index in [2.05, 4.69) is 150 Å². The molecule has 0 radical (unpaired) electrons. The molecular weight excluding hydrogens is 733 g/mol. The minimum absolute atomic E-state index is 0.664. The molecule has 0 atom stereocenters. The SMILES string of the molecule is c1ccc(-c2nc(-c3ccccc3)nc(-c3cccc4c3sc3cccc(-c5ccc6c(c5)sc5cc(-n7c8ccccc8c8ccccc87)ccc56)c34)n2)cc1. The Labute approximate surface area is 335 Å². The molecule has 0 aliphatic rings. The fourth-order valence-corrected chi connectivity index (χ4v) is 10.9. The van der Waals surface area contributed by atoms with Gasteiger partial charge in [-0.25, -0.2) is 15.0 Å². The van der Waals surface area contributed by atoms with E-state index in [9.17, 15) is 0 Å². The van der Waals surface area contributed by atoms with Gasteiger partial charge in [-0.05, 0) is 53.6 Å². The van der Waals surface area contributed by atoms with Gasteiger partial charge in [0.1, 0.15) is 0 Å². The van der Waals surface area contributed by atoms with Gasteiger partial charge in [-0.1, -0.05) is 140 Å². The van der Waals surface area contributed by atoms with Crippen molar-refractivity contribution in [3.8, 4) is 51.0 Å². The van der Waals surface area contributed by atoms with Crippen molar-refractivity contribution >= 4 is 84.8 Å². The number of benzene rings is 8. The smallest absolute Gasteiger partial charge is 0.165 e. The van der Waals surface area contributed by atoms with Crippen LogP contribution in [0.3, 0.4) is 0 Å². The maximum Gasteiger partial charge on any atom is 0.165 e. The number of nitrogens with zero attached hydrogens (tertiary/aromatic N) is 4. The van der Waals surface area contributed by atoms with Crippen molar-refractivity contribution in [2.75, 3.05) is 0 Å². The Morgan fingerprint density at radius 2 is 0.912 bits per heavy atom. The van der Waals surface area contributed by atoms with Crippen LogP contribution in [0.15, 0.2) is 182 Å². The highest BCUT2D eigenvalue weighted by Crippen LogP contribution is 2.45. The molecule has 0 bridgehead atoms. The van der Waals surface area contributed by atoms with Gasteiger partial charge in [0.15, 0.2) is 17.5 Å². The molecule has 8 aromatic carbocycles. The molecular formula is C51H30N4S2. The highest BCUT2D eigenvalue weighted by atomic mass is 32.1. The average Bonchev–Trinajstić information content (AvgIpc) is 3.96. The van der Waals surface area contributed by atoms with Gasteiger partial charge in [0.2, 0.25) is 0 Å². The lowest BCUT2D eigenvalue weighted by atomic mass is 9.98. The van der Waals surface area contributed by atoms with E-state index in [-0.39, 0.29) is 0 Å². The zero-order chi connectivity index (χ0) is 37.5. The zero-order valence-corrected chi connectivity index (χ0v) is 32.1. The Morgan fingerprint density at radius 1 is 0.351 bits per heavy atom. The monoisotopic (exact) mass is 762 g/mol. The molecule has 0 saturated heterocycles. The van der Waals surface area contributed by atoms with Crippen LogP contribution in [0.5, 0.6) is 0 Å². The van der Waals surface area contributed by atoms with E-state index in [1.807, 2.05) is 47.7 Å². The van der Waals surface area contributed by atoms with E-state index in [1.165, 1.54) is 79.0 Å². The summed E-state index contributed by atoms with van der Waals surface area (Å²) in [6.07, 6.45) is 0. The van der Waals surface area contributed by atoms with E-state index in [1.54, 1.807) is 11.3 Å². The first-order chi connectivity index (χ1) is 28.2. The number of hydrogen-bond acceptors (Lipinski definition) is 5. The summed E-state index contributed by atoms with van der Waals surface area (Å²) in [5.74, 6) is 2.00. The van der Waals surface area contributed by atoms with Crippen LogP contribution in [-0.4, -0.2) is 19.5 Å². The molecule has 4 nitrogen and oxygen atoms in total. The summed E-state index contributed by atoms with van der Waals surface area (Å²) in [6.45, 7) is 0. The summed E-state index contributed by atoms with van der Waals surface area (Å²) in [5, 5.41) is 7.59. The van der Waals surface area contributed by atoms with Crippen LogP contribution in [0.4, 0.5) is 0 Å². The van der Waals surface area contributed by atoms with E-state index in [0.717, 1.165) is 16.7 Å². The number of para-hydroxylation sites is 2. The second-order valence-corrected chi connectivity index (χ2v) is 16.5. The normalized spacial score (nSPS) is 11.9. The van der Waals surface area contributed by atoms with Gasteiger partial charge in [0.25, 0.3) is 0 Å². The number of aromatic nitrogens is 4. The van der Waals surface area contributed by atoms with Gasteiger partial charge in [-0.3, -0.25) is 0 Å². The van der Waals surface area contributed by atoms with Crippen molar-refractivity contribution in [1.29, 1.82) is 0 Å². The lowest BCUT2D eigenvalue weighted by Crippen LogP contribution is -2.00. The molecule has 0 amide bonds. The van der Waals surface area contributed by atoms with Crippen molar-refractivity contribution in [3.63, 3.8) is 0 Å². The van der Waals surface area contributed by atoms with Crippen molar-refractivity contribution < 1.29 is 0 Å². The molecule has 4 heterocycles. The first-order valence-corrected chi connectivity index (χ1v) is 20.7. The summed E-state index contributed by atoms with van der Waals surface area (Å²) in [4.78, 5) is 15.1. The molecule has 0 aliphatic heterocycles. The third-order valence-electron chi connectivity index (χ3n) is 11.1. The molecule has 0 fully saturated rings. The third kappa shape index (κ3) is 5.15. The molecule has 6 heteroatoms. The van der Waals surface area contributed by atoms with Gasteiger partial charge in [0, 0.05) is 73.5 Å². The summed E-state index contributed by atoms with van der Waals surface area (Å²) in [5.41, 5.74) is 9.01. The molecule has 57 heavy (non-hydrogen) atoms. The summed E-state index contributed by atoms with van der Waals surface area (Å²) >= 11 is 3.67. The molecule has 12 rings (SSSR count). The van der Waals surface area contributed by atoms with E-state index >= 15 is 0 Å². The van der Waals surface area contributed by atoms with Crippen LogP contribution in [0.1, 0.15) is 0 Å². The molecule has 0 N–H and O–H groups in total. The van der Waals surface area contributed by atoms with Crippen molar-refractivity contribution in [1.82, 2.24) is 19.5 Å². The molecule has 266 valence electrons. The van der Waals surface area contributed by atoms with Crippen LogP contribution >= 0.6 is 22.7 Å². The van der Waals surface area contributed by atoms with Crippen LogP contribution in [0, 0.1) is 0 Å². The maximum atomic E-state index is 5.09. The van der Waals surface area contributed by atoms with Gasteiger partial charge in [-0.2, -0.15) is 0 Å². The Hall–Kier alpha value is -6.99. The molecule has 12 aromatic rings. The minimum atomic E-state index is 0.664. The fourth-order valence-electron chi connectivity index (χ4n) is 8.47. The number of fused-ring (bicyclic) bond motifs is 9. The number of thiophene rings is 2. The van der Waals surface area contributed by atoms with Crippen molar-refractivity contribution in [2.45, 2.75) is 0 Å². The second kappa shape index (κ2) is 12.8. The summed E-state index contributed by atoms with van der Waals surface area (Å²) < 4.78 is 7.38. The molecule has 0 unspecified atom stereocenters. The quantitative estimate of drug-likeness (QED) is 0.175. The standard InChI is InChI=1S/C51H30N4S2/c1-3-13-31(14-4-1)49-52-50(32-15-5-2-6-16-32)54-51(53-49)41-21-11-20-40-47-35(19-12-24-44(47)57-48(40)41)33-25-27-38-39-28-26-34(30-46(39)56-45(38)29-33)55-42-22-9-7-17-36(42)37-18-8-10-23-43(37)55/h1-30H. The summed E-state index contributed by atoms with van der Waals surface area (Å²) in [7, 11) is 0. The molecule has 0 aliphatic carbocycles. The van der Waals surface area contributed by atoms with Gasteiger partial charge >= 0.3 is 0 Å². The molecule has 0 saturated carbocycles. The topological polar surface area (TPSA) is 43.6 Å². The third-order valence-corrected chi connectivity index (χ3v) is 13.4.